The summed E-state index contributed by atoms with van der Waals surface area (Å²) in [7, 11) is 1.93. The summed E-state index contributed by atoms with van der Waals surface area (Å²) in [5, 5.41) is 11.2. The molecule has 104 valence electrons. The zero-order chi connectivity index (χ0) is 14.1. The van der Waals surface area contributed by atoms with E-state index in [2.05, 4.69) is 45.9 Å². The Hall–Kier alpha value is -1.72. The van der Waals surface area contributed by atoms with Gasteiger partial charge in [-0.25, -0.2) is 4.98 Å². The minimum atomic E-state index is 0.362. The SMILES string of the molecule is Cc1nn(C)c2ncc(CNC(C)c3cccs3)cc12. The molecule has 4 nitrogen and oxygen atoms in total. The molecule has 0 aliphatic rings. The van der Waals surface area contributed by atoms with Crippen molar-refractivity contribution in [2.75, 3.05) is 0 Å². The van der Waals surface area contributed by atoms with Crippen molar-refractivity contribution >= 4 is 22.4 Å². The number of hydrogen-bond donors (Lipinski definition) is 1. The van der Waals surface area contributed by atoms with E-state index in [0.29, 0.717) is 6.04 Å². The van der Waals surface area contributed by atoms with Crippen LogP contribution in [0, 0.1) is 6.92 Å². The van der Waals surface area contributed by atoms with Crippen molar-refractivity contribution in [2.45, 2.75) is 26.4 Å². The molecule has 0 radical (unpaired) electrons. The number of rotatable bonds is 4. The van der Waals surface area contributed by atoms with Gasteiger partial charge >= 0.3 is 0 Å². The van der Waals surface area contributed by atoms with Gasteiger partial charge in [-0.15, -0.1) is 11.3 Å². The number of fused-ring (bicyclic) bond motifs is 1. The van der Waals surface area contributed by atoms with Crippen LogP contribution in [-0.2, 0) is 13.6 Å². The number of thiophene rings is 1. The average Bonchev–Trinajstić information content (AvgIpc) is 3.06. The Balaban J connectivity index is 1.76. The maximum atomic E-state index is 4.51. The molecule has 0 aliphatic heterocycles. The first-order chi connectivity index (χ1) is 9.65. The van der Waals surface area contributed by atoms with Crippen LogP contribution in [0.4, 0.5) is 0 Å². The van der Waals surface area contributed by atoms with Gasteiger partial charge in [0.15, 0.2) is 5.65 Å². The molecular formula is C15H18N4S. The maximum Gasteiger partial charge on any atom is 0.157 e. The molecule has 0 aliphatic carbocycles. The number of pyridine rings is 1. The lowest BCUT2D eigenvalue weighted by Gasteiger charge is -2.12. The maximum absolute atomic E-state index is 4.51. The number of aryl methyl sites for hydroxylation is 2. The van der Waals surface area contributed by atoms with Crippen molar-refractivity contribution in [1.82, 2.24) is 20.1 Å². The molecule has 3 aromatic heterocycles. The third-order valence-corrected chi connectivity index (χ3v) is 4.56. The highest BCUT2D eigenvalue weighted by molar-refractivity contribution is 7.10. The molecule has 0 aromatic carbocycles. The lowest BCUT2D eigenvalue weighted by Crippen LogP contribution is -2.17. The van der Waals surface area contributed by atoms with Gasteiger partial charge < -0.3 is 5.32 Å². The fourth-order valence-corrected chi connectivity index (χ4v) is 3.12. The summed E-state index contributed by atoms with van der Waals surface area (Å²) in [5.74, 6) is 0. The van der Waals surface area contributed by atoms with Crippen LogP contribution in [0.25, 0.3) is 11.0 Å². The molecule has 3 aromatic rings. The molecule has 0 amide bonds. The Labute approximate surface area is 122 Å². The van der Waals surface area contributed by atoms with Gasteiger partial charge in [0, 0.05) is 36.1 Å². The summed E-state index contributed by atoms with van der Waals surface area (Å²) >= 11 is 1.78. The smallest absolute Gasteiger partial charge is 0.157 e. The first-order valence-corrected chi connectivity index (χ1v) is 7.58. The Morgan fingerprint density at radius 2 is 2.30 bits per heavy atom. The molecule has 0 bridgehead atoms. The molecule has 5 heteroatoms. The van der Waals surface area contributed by atoms with Crippen molar-refractivity contribution in [3.05, 3.63) is 45.9 Å². The first-order valence-electron chi connectivity index (χ1n) is 6.70. The van der Waals surface area contributed by atoms with Gasteiger partial charge in [-0.1, -0.05) is 6.07 Å². The van der Waals surface area contributed by atoms with Gasteiger partial charge in [0.1, 0.15) is 0 Å². The number of nitrogens with one attached hydrogen (secondary N) is 1. The predicted octanol–water partition coefficient (Wildman–Crippen LogP) is 3.19. The van der Waals surface area contributed by atoms with Crippen molar-refractivity contribution in [1.29, 1.82) is 0 Å². The number of hydrogen-bond acceptors (Lipinski definition) is 4. The third-order valence-electron chi connectivity index (χ3n) is 3.50. The van der Waals surface area contributed by atoms with Crippen molar-refractivity contribution < 1.29 is 0 Å². The zero-order valence-electron chi connectivity index (χ0n) is 11.9. The van der Waals surface area contributed by atoms with E-state index in [1.807, 2.05) is 24.9 Å². The van der Waals surface area contributed by atoms with E-state index in [1.54, 1.807) is 11.3 Å². The van der Waals surface area contributed by atoms with Crippen LogP contribution in [-0.4, -0.2) is 14.8 Å². The molecule has 20 heavy (non-hydrogen) atoms. The van der Waals surface area contributed by atoms with Crippen LogP contribution in [0.1, 0.15) is 29.1 Å². The van der Waals surface area contributed by atoms with Gasteiger partial charge in [0.05, 0.1) is 5.69 Å². The molecule has 0 spiro atoms. The minimum Gasteiger partial charge on any atom is -0.305 e. The highest BCUT2D eigenvalue weighted by atomic mass is 32.1. The highest BCUT2D eigenvalue weighted by Crippen LogP contribution is 2.20. The van der Waals surface area contributed by atoms with Gasteiger partial charge in [0.2, 0.25) is 0 Å². The van der Waals surface area contributed by atoms with Crippen LogP contribution in [0.15, 0.2) is 29.8 Å². The van der Waals surface area contributed by atoms with Gasteiger partial charge in [0.25, 0.3) is 0 Å². The standard InChI is InChI=1S/C15H18N4S/c1-10-13-7-12(9-17-15(13)19(3)18-10)8-16-11(2)14-5-4-6-20-14/h4-7,9,11,16H,8H2,1-3H3. The molecule has 1 atom stereocenters. The second kappa shape index (κ2) is 5.34. The topological polar surface area (TPSA) is 42.7 Å². The minimum absolute atomic E-state index is 0.362. The van der Waals surface area contributed by atoms with E-state index >= 15 is 0 Å². The van der Waals surface area contributed by atoms with E-state index in [4.69, 9.17) is 0 Å². The molecule has 0 fully saturated rings. The van der Waals surface area contributed by atoms with Crippen LogP contribution >= 0.6 is 11.3 Å². The van der Waals surface area contributed by atoms with Crippen molar-refractivity contribution in [3.63, 3.8) is 0 Å². The van der Waals surface area contributed by atoms with E-state index in [0.717, 1.165) is 23.3 Å². The van der Waals surface area contributed by atoms with Crippen molar-refractivity contribution in [3.8, 4) is 0 Å². The van der Waals surface area contributed by atoms with Crippen LogP contribution in [0.2, 0.25) is 0 Å². The third kappa shape index (κ3) is 2.46. The van der Waals surface area contributed by atoms with Crippen molar-refractivity contribution in [2.24, 2.45) is 7.05 Å². The second-order valence-corrected chi connectivity index (χ2v) is 6.02. The van der Waals surface area contributed by atoms with E-state index in [1.165, 1.54) is 10.4 Å². The van der Waals surface area contributed by atoms with Gasteiger partial charge in [-0.2, -0.15) is 5.10 Å². The molecule has 1 N–H and O–H groups in total. The largest absolute Gasteiger partial charge is 0.305 e. The second-order valence-electron chi connectivity index (χ2n) is 5.04. The van der Waals surface area contributed by atoms with Gasteiger partial charge in [-0.05, 0) is 36.9 Å². The summed E-state index contributed by atoms with van der Waals surface area (Å²) in [6, 6.07) is 6.79. The summed E-state index contributed by atoms with van der Waals surface area (Å²) in [5.41, 5.74) is 3.16. The van der Waals surface area contributed by atoms with Gasteiger partial charge in [-0.3, -0.25) is 4.68 Å². The fraction of sp³-hybridized carbons (Fsp3) is 0.333. The van der Waals surface area contributed by atoms with Crippen LogP contribution in [0.3, 0.4) is 0 Å². The Morgan fingerprint density at radius 1 is 1.45 bits per heavy atom. The molecule has 3 rings (SSSR count). The number of nitrogens with zero attached hydrogens (tertiary/aromatic N) is 3. The summed E-state index contributed by atoms with van der Waals surface area (Å²) in [6.07, 6.45) is 1.93. The summed E-state index contributed by atoms with van der Waals surface area (Å²) in [6.45, 7) is 5.03. The fourth-order valence-electron chi connectivity index (χ4n) is 2.36. The van der Waals surface area contributed by atoms with Crippen LogP contribution in [0.5, 0.6) is 0 Å². The summed E-state index contributed by atoms with van der Waals surface area (Å²) in [4.78, 5) is 5.86. The van der Waals surface area contributed by atoms with Crippen LogP contribution < -0.4 is 5.32 Å². The summed E-state index contributed by atoms with van der Waals surface area (Å²) < 4.78 is 1.83. The molecular weight excluding hydrogens is 268 g/mol. The lowest BCUT2D eigenvalue weighted by molar-refractivity contribution is 0.582. The Kier molecular flexibility index (Phi) is 3.54. The lowest BCUT2D eigenvalue weighted by atomic mass is 10.2. The van der Waals surface area contributed by atoms with E-state index < -0.39 is 0 Å². The molecule has 0 saturated heterocycles. The Bertz CT molecular complexity index is 715. The predicted molar refractivity (Wildman–Crippen MR) is 82.8 cm³/mol. The van der Waals surface area contributed by atoms with E-state index in [-0.39, 0.29) is 0 Å². The first kappa shape index (κ1) is 13.3. The highest BCUT2D eigenvalue weighted by Gasteiger charge is 2.09. The zero-order valence-corrected chi connectivity index (χ0v) is 12.7. The normalized spacial score (nSPS) is 12.9. The molecule has 0 saturated carbocycles. The quantitative estimate of drug-likeness (QED) is 0.801. The average molecular weight is 286 g/mol. The molecule has 1 unspecified atom stereocenters. The Morgan fingerprint density at radius 3 is 3.05 bits per heavy atom. The van der Waals surface area contributed by atoms with E-state index in [9.17, 15) is 0 Å². The molecule has 3 heterocycles. The monoisotopic (exact) mass is 286 g/mol. The number of aromatic nitrogens is 3.